The third-order valence-corrected chi connectivity index (χ3v) is 12.4. The van der Waals surface area contributed by atoms with Gasteiger partial charge in [-0.2, -0.15) is 0 Å². The Morgan fingerprint density at radius 2 is 0.944 bits per heavy atom. The zero-order chi connectivity index (χ0) is 28.1. The summed E-state index contributed by atoms with van der Waals surface area (Å²) in [5.41, 5.74) is 0. The highest BCUT2D eigenvalue weighted by molar-refractivity contribution is 7.72. The molecule has 36 heavy (non-hydrogen) atoms. The fourth-order valence-corrected chi connectivity index (χ4v) is 6.92. The highest BCUT2D eigenvalue weighted by Gasteiger charge is 2.59. The molecule has 0 bridgehead atoms. The van der Waals surface area contributed by atoms with E-state index in [1.807, 2.05) is 0 Å². The highest BCUT2D eigenvalue weighted by Crippen LogP contribution is 2.70. The molecule has 0 aromatic carbocycles. The molecule has 0 unspecified atom stereocenters. The van der Waals surface area contributed by atoms with Gasteiger partial charge in [0, 0.05) is 31.9 Å². The molecular weight excluding hydrogens is 576 g/mol. The number of rotatable bonds is 12. The van der Waals surface area contributed by atoms with Gasteiger partial charge in [0.25, 0.3) is 10.2 Å². The van der Waals surface area contributed by atoms with E-state index in [-0.39, 0.29) is 13.0 Å². The fraction of sp³-hybridized carbons (Fsp3) is 0.667. The van der Waals surface area contributed by atoms with Crippen LogP contribution in [0, 0.1) is 0 Å². The van der Waals surface area contributed by atoms with Crippen LogP contribution in [-0.4, -0.2) is 89.5 Å². The van der Waals surface area contributed by atoms with Crippen molar-refractivity contribution in [3.63, 3.8) is 0 Å². The van der Waals surface area contributed by atoms with Crippen LogP contribution in [0.5, 0.6) is 0 Å². The molecule has 2 heterocycles. The van der Waals surface area contributed by atoms with Crippen molar-refractivity contribution in [2.45, 2.75) is 48.9 Å². The van der Waals surface area contributed by atoms with E-state index >= 15 is 0 Å². The first kappa shape index (κ1) is 32.8. The zero-order valence-corrected chi connectivity index (χ0v) is 21.7. The van der Waals surface area contributed by atoms with Gasteiger partial charge < -0.3 is 49.4 Å². The summed E-state index contributed by atoms with van der Waals surface area (Å²) < 4.78 is 46.6. The van der Waals surface area contributed by atoms with E-state index < -0.39 is 53.4 Å². The lowest BCUT2D eigenvalue weighted by Crippen LogP contribution is -2.30. The Morgan fingerprint density at radius 3 is 1.28 bits per heavy atom. The fourth-order valence-electron chi connectivity index (χ4n) is 2.53. The summed E-state index contributed by atoms with van der Waals surface area (Å²) in [6.07, 6.45) is 4.37. The Balaban J connectivity index is 0.000000362. The summed E-state index contributed by atoms with van der Waals surface area (Å²) in [5.74, 6) is 0. The SMILES string of the molecule is O=P(O)(O)C(O)(CCCCn1ccnn1)P(=O)(O)O.O=P(O)(O)C(O)(CCn1ccnn1)P(=O)(O)O. The van der Waals surface area contributed by atoms with Crippen molar-refractivity contribution in [1.82, 2.24) is 30.0 Å². The largest absolute Gasteiger partial charge is 0.369 e. The maximum atomic E-state index is 11.0. The van der Waals surface area contributed by atoms with Gasteiger partial charge in [-0.3, -0.25) is 27.6 Å². The van der Waals surface area contributed by atoms with Gasteiger partial charge in [-0.1, -0.05) is 10.4 Å². The van der Waals surface area contributed by atoms with E-state index in [0.717, 1.165) is 4.68 Å². The molecule has 20 nitrogen and oxygen atoms in total. The van der Waals surface area contributed by atoms with Crippen molar-refractivity contribution >= 4 is 30.4 Å². The van der Waals surface area contributed by atoms with Crippen LogP contribution >= 0.6 is 30.4 Å². The topological polar surface area (TPSA) is 332 Å². The normalized spacial score (nSPS) is 13.8. The van der Waals surface area contributed by atoms with Gasteiger partial charge in [0.1, 0.15) is 0 Å². The Kier molecular flexibility index (Phi) is 11.0. The number of aromatic nitrogens is 6. The highest BCUT2D eigenvalue weighted by atomic mass is 31.2. The van der Waals surface area contributed by atoms with E-state index in [0.29, 0.717) is 13.0 Å². The van der Waals surface area contributed by atoms with Gasteiger partial charge in [-0.15, -0.1) is 10.2 Å². The average Bonchev–Trinajstić information content (AvgIpc) is 3.40. The lowest BCUT2D eigenvalue weighted by molar-refractivity contribution is 0.117. The number of hydrogen-bond acceptors (Lipinski definition) is 10. The molecule has 2 aromatic rings. The Hall–Kier alpha value is -1.20. The van der Waals surface area contributed by atoms with Crippen molar-refractivity contribution in [3.05, 3.63) is 24.8 Å². The summed E-state index contributed by atoms with van der Waals surface area (Å²) in [5, 5.41) is 26.3. The van der Waals surface area contributed by atoms with Crippen LogP contribution < -0.4 is 0 Å². The Bertz CT molecular complexity index is 1090. The molecule has 24 heteroatoms. The standard InChI is InChI=1S/C7H15N3O7P2.C5H11N3O7P2/c11-7(18(12,13)14,19(15,16)17)3-1-2-5-10-6-4-8-9-10;9-5(16(10,11)12,17(13,14)15)1-3-8-4-2-6-7-8/h4,6,11H,1-3,5H2,(H2,12,13,14)(H2,15,16,17);2,4,9H,1,3H2,(H2,10,11,12)(H2,13,14,15). The molecule has 2 rings (SSSR count). The molecule has 0 saturated carbocycles. The van der Waals surface area contributed by atoms with E-state index in [1.165, 1.54) is 23.3 Å². The quantitative estimate of drug-likeness (QED) is 0.0938. The van der Waals surface area contributed by atoms with Crippen molar-refractivity contribution in [3.8, 4) is 0 Å². The number of hydrogen-bond donors (Lipinski definition) is 10. The number of unbranched alkanes of at least 4 members (excludes halogenated alkanes) is 1. The minimum atomic E-state index is -5.40. The molecule has 0 spiro atoms. The lowest BCUT2D eigenvalue weighted by atomic mass is 10.2. The van der Waals surface area contributed by atoms with Gasteiger partial charge >= 0.3 is 30.4 Å². The minimum Gasteiger partial charge on any atom is -0.368 e. The van der Waals surface area contributed by atoms with E-state index in [4.69, 9.17) is 39.1 Å². The van der Waals surface area contributed by atoms with Gasteiger partial charge in [0.05, 0.1) is 12.4 Å². The summed E-state index contributed by atoms with van der Waals surface area (Å²) >= 11 is 0. The molecule has 0 aliphatic heterocycles. The van der Waals surface area contributed by atoms with Gasteiger partial charge in [0.15, 0.2) is 0 Å². The predicted molar refractivity (Wildman–Crippen MR) is 117 cm³/mol. The number of nitrogens with zero attached hydrogens (tertiary/aromatic N) is 6. The molecule has 208 valence electrons. The maximum Gasteiger partial charge on any atom is 0.369 e. The molecule has 0 saturated heterocycles. The third kappa shape index (κ3) is 8.41. The molecule has 0 atom stereocenters. The van der Waals surface area contributed by atoms with Crippen LogP contribution in [0.25, 0.3) is 0 Å². The van der Waals surface area contributed by atoms with Crippen LogP contribution in [0.2, 0.25) is 0 Å². The number of aliphatic hydroxyl groups is 2. The molecular formula is C12H26N6O14P4. The summed E-state index contributed by atoms with van der Waals surface area (Å²) in [4.78, 5) is 70.9. The van der Waals surface area contributed by atoms with Crippen molar-refractivity contribution in [1.29, 1.82) is 0 Å². The van der Waals surface area contributed by atoms with Crippen molar-refractivity contribution in [2.24, 2.45) is 0 Å². The van der Waals surface area contributed by atoms with Crippen molar-refractivity contribution < 1.29 is 67.6 Å². The van der Waals surface area contributed by atoms with Crippen LogP contribution in [-0.2, 0) is 31.3 Å². The molecule has 2 aromatic heterocycles. The summed E-state index contributed by atoms with van der Waals surface area (Å²) in [6.45, 7) is 0.0606. The van der Waals surface area contributed by atoms with Gasteiger partial charge in [-0.25, -0.2) is 0 Å². The second kappa shape index (κ2) is 12.1. The van der Waals surface area contributed by atoms with Gasteiger partial charge in [0.2, 0.25) is 0 Å². The second-order valence-electron chi connectivity index (χ2n) is 7.26. The van der Waals surface area contributed by atoms with E-state index in [2.05, 4.69) is 20.6 Å². The first-order valence-corrected chi connectivity index (χ1v) is 16.0. The summed E-state index contributed by atoms with van der Waals surface area (Å²) in [7, 11) is -21.5. The predicted octanol–water partition coefficient (Wildman–Crippen LogP) is -1.88. The van der Waals surface area contributed by atoms with Gasteiger partial charge in [-0.05, 0) is 19.3 Å². The Labute approximate surface area is 202 Å². The van der Waals surface area contributed by atoms with Crippen LogP contribution in [0.1, 0.15) is 25.7 Å². The third-order valence-electron chi connectivity index (χ3n) is 4.64. The maximum absolute atomic E-state index is 11.0. The second-order valence-corrected chi connectivity index (χ2v) is 15.3. The summed E-state index contributed by atoms with van der Waals surface area (Å²) in [6, 6.07) is 0. The first-order chi connectivity index (χ1) is 16.2. The molecule has 0 amide bonds. The van der Waals surface area contributed by atoms with Crippen LogP contribution in [0.3, 0.4) is 0 Å². The first-order valence-electron chi connectivity index (χ1n) is 9.51. The lowest BCUT2D eigenvalue weighted by Gasteiger charge is -2.29. The zero-order valence-electron chi connectivity index (χ0n) is 18.1. The smallest absolute Gasteiger partial charge is 0.368 e. The van der Waals surface area contributed by atoms with E-state index in [1.54, 1.807) is 6.20 Å². The average molecular weight is 602 g/mol. The molecule has 0 aliphatic carbocycles. The van der Waals surface area contributed by atoms with Crippen LogP contribution in [0.15, 0.2) is 24.8 Å². The minimum absolute atomic E-state index is 0.00653. The molecule has 10 N–H and O–H groups in total. The molecule has 0 radical (unpaired) electrons. The molecule has 0 aliphatic rings. The van der Waals surface area contributed by atoms with Crippen molar-refractivity contribution in [2.75, 3.05) is 0 Å². The molecule has 0 fully saturated rings. The monoisotopic (exact) mass is 602 g/mol. The van der Waals surface area contributed by atoms with E-state index in [9.17, 15) is 28.5 Å². The Morgan fingerprint density at radius 1 is 0.583 bits per heavy atom. The number of aryl methyl sites for hydroxylation is 2. The van der Waals surface area contributed by atoms with Crippen LogP contribution in [0.4, 0.5) is 0 Å².